The van der Waals surface area contributed by atoms with E-state index in [4.69, 9.17) is 0 Å². The second-order valence-corrected chi connectivity index (χ2v) is 5.69. The first kappa shape index (κ1) is 12.4. The molecular formula is C16H20N2O. The number of anilines is 1. The highest BCUT2D eigenvalue weighted by molar-refractivity contribution is 6.05. The van der Waals surface area contributed by atoms with Crippen LogP contribution in [0.4, 0.5) is 5.69 Å². The zero-order valence-corrected chi connectivity index (χ0v) is 11.7. The molecule has 0 fully saturated rings. The third-order valence-electron chi connectivity index (χ3n) is 4.09. The molecule has 1 amide bonds. The van der Waals surface area contributed by atoms with Gasteiger partial charge in [-0.15, -0.1) is 0 Å². The van der Waals surface area contributed by atoms with Gasteiger partial charge in [0.2, 0.25) is 5.91 Å². The minimum absolute atomic E-state index is 0.0410. The van der Waals surface area contributed by atoms with Gasteiger partial charge >= 0.3 is 0 Å². The first-order chi connectivity index (χ1) is 9.09. The summed E-state index contributed by atoms with van der Waals surface area (Å²) in [6.07, 6.45) is 3.14. The number of nitrogens with one attached hydrogen (secondary N) is 1. The van der Waals surface area contributed by atoms with E-state index in [0.29, 0.717) is 0 Å². The topological polar surface area (TPSA) is 32.3 Å². The van der Waals surface area contributed by atoms with Crippen molar-refractivity contribution in [2.75, 3.05) is 18.5 Å². The van der Waals surface area contributed by atoms with Crippen LogP contribution in [0.2, 0.25) is 0 Å². The number of nitrogens with zero attached hydrogens (tertiary/aromatic N) is 1. The molecule has 3 nitrogen and oxygen atoms in total. The van der Waals surface area contributed by atoms with Gasteiger partial charge in [0.05, 0.1) is 12.0 Å². The molecule has 0 spiro atoms. The summed E-state index contributed by atoms with van der Waals surface area (Å²) in [4.78, 5) is 14.2. The summed E-state index contributed by atoms with van der Waals surface area (Å²) in [5.74, 6) is 0.279. The smallest absolute Gasteiger partial charge is 0.234 e. The highest BCUT2D eigenvalue weighted by Gasteiger charge is 2.39. The van der Waals surface area contributed by atoms with Gasteiger partial charge in [-0.1, -0.05) is 23.8 Å². The number of hydrogen-bond donors (Lipinski definition) is 1. The second kappa shape index (κ2) is 4.49. The Morgan fingerprint density at radius 1 is 1.42 bits per heavy atom. The normalized spacial score (nSPS) is 25.0. The van der Waals surface area contributed by atoms with Crippen molar-refractivity contribution in [3.8, 4) is 0 Å². The van der Waals surface area contributed by atoms with E-state index in [0.717, 1.165) is 18.7 Å². The Kier molecular flexibility index (Phi) is 2.94. The molecule has 0 saturated carbocycles. The average molecular weight is 256 g/mol. The number of carbonyl (C=O) groups is 1. The summed E-state index contributed by atoms with van der Waals surface area (Å²) in [6.45, 7) is 5.11. The third kappa shape index (κ3) is 1.89. The summed E-state index contributed by atoms with van der Waals surface area (Å²) < 4.78 is 0. The van der Waals surface area contributed by atoms with E-state index in [2.05, 4.69) is 43.4 Å². The van der Waals surface area contributed by atoms with Crippen molar-refractivity contribution in [1.29, 1.82) is 0 Å². The van der Waals surface area contributed by atoms with Crippen LogP contribution in [-0.4, -0.2) is 19.5 Å². The lowest BCUT2D eigenvalue weighted by Gasteiger charge is -2.18. The van der Waals surface area contributed by atoms with E-state index in [1.807, 2.05) is 11.9 Å². The maximum Gasteiger partial charge on any atom is 0.234 e. The molecule has 2 aliphatic heterocycles. The molecule has 19 heavy (non-hydrogen) atoms. The van der Waals surface area contributed by atoms with E-state index in [9.17, 15) is 4.79 Å². The summed E-state index contributed by atoms with van der Waals surface area (Å²) in [7, 11) is 1.88. The quantitative estimate of drug-likeness (QED) is 0.784. The van der Waals surface area contributed by atoms with E-state index >= 15 is 0 Å². The second-order valence-electron chi connectivity index (χ2n) is 5.69. The molecule has 0 bridgehead atoms. The van der Waals surface area contributed by atoms with Gasteiger partial charge in [0, 0.05) is 12.7 Å². The molecule has 0 unspecified atom stereocenters. The third-order valence-corrected chi connectivity index (χ3v) is 4.09. The maximum atomic E-state index is 12.3. The molecule has 3 rings (SSSR count). The van der Waals surface area contributed by atoms with Crippen molar-refractivity contribution in [2.24, 2.45) is 0 Å². The van der Waals surface area contributed by atoms with E-state index < -0.39 is 0 Å². The van der Waals surface area contributed by atoms with Crippen LogP contribution in [-0.2, 0) is 4.79 Å². The van der Waals surface area contributed by atoms with Gasteiger partial charge in [0.1, 0.15) is 0 Å². The molecular weight excluding hydrogens is 236 g/mol. The van der Waals surface area contributed by atoms with Crippen molar-refractivity contribution in [2.45, 2.75) is 32.2 Å². The fourth-order valence-electron chi connectivity index (χ4n) is 3.23. The minimum Gasteiger partial charge on any atom is -0.315 e. The molecule has 2 atom stereocenters. The lowest BCUT2D eigenvalue weighted by atomic mass is 9.91. The summed E-state index contributed by atoms with van der Waals surface area (Å²) in [5, 5.41) is 3.55. The molecule has 3 heteroatoms. The average Bonchev–Trinajstić information content (AvgIpc) is 2.54. The highest BCUT2D eigenvalue weighted by atomic mass is 16.2. The Morgan fingerprint density at radius 3 is 2.95 bits per heavy atom. The minimum atomic E-state index is 0.0410. The van der Waals surface area contributed by atoms with Crippen LogP contribution in [0.25, 0.3) is 0 Å². The summed E-state index contributed by atoms with van der Waals surface area (Å²) in [6, 6.07) is 6.49. The van der Waals surface area contributed by atoms with E-state index in [1.165, 1.54) is 16.7 Å². The van der Waals surface area contributed by atoms with Gasteiger partial charge < -0.3 is 10.2 Å². The molecule has 100 valence electrons. The van der Waals surface area contributed by atoms with Crippen LogP contribution >= 0.6 is 0 Å². The Morgan fingerprint density at radius 2 is 2.21 bits per heavy atom. The van der Waals surface area contributed by atoms with Crippen LogP contribution < -0.4 is 10.2 Å². The summed E-state index contributed by atoms with van der Waals surface area (Å²) in [5.41, 5.74) is 4.89. The van der Waals surface area contributed by atoms with Crippen molar-refractivity contribution in [3.63, 3.8) is 0 Å². The first-order valence-corrected chi connectivity index (χ1v) is 6.88. The Hall–Kier alpha value is -1.61. The van der Waals surface area contributed by atoms with Crippen LogP contribution in [0, 0.1) is 0 Å². The monoisotopic (exact) mass is 256 g/mol. The summed E-state index contributed by atoms with van der Waals surface area (Å²) >= 11 is 0. The van der Waals surface area contributed by atoms with Crippen molar-refractivity contribution in [3.05, 3.63) is 41.0 Å². The number of amides is 1. The van der Waals surface area contributed by atoms with Gasteiger partial charge in [-0.25, -0.2) is 0 Å². The lowest BCUT2D eigenvalue weighted by Crippen LogP contribution is -2.26. The predicted molar refractivity (Wildman–Crippen MR) is 77.4 cm³/mol. The number of benzene rings is 1. The van der Waals surface area contributed by atoms with E-state index in [-0.39, 0.29) is 17.9 Å². The van der Waals surface area contributed by atoms with E-state index in [1.54, 1.807) is 0 Å². The fourth-order valence-corrected chi connectivity index (χ4v) is 3.23. The first-order valence-electron chi connectivity index (χ1n) is 6.88. The molecule has 0 aromatic heterocycles. The largest absolute Gasteiger partial charge is 0.315 e. The molecule has 2 aliphatic rings. The number of hydrogen-bond acceptors (Lipinski definition) is 2. The van der Waals surface area contributed by atoms with Crippen molar-refractivity contribution in [1.82, 2.24) is 5.32 Å². The Labute approximate surface area is 114 Å². The molecule has 0 saturated heterocycles. The lowest BCUT2D eigenvalue weighted by molar-refractivity contribution is -0.119. The van der Waals surface area contributed by atoms with Crippen molar-refractivity contribution < 1.29 is 4.79 Å². The van der Waals surface area contributed by atoms with Crippen molar-refractivity contribution >= 4 is 11.6 Å². The molecule has 0 radical (unpaired) electrons. The number of allylic oxidation sites excluding steroid dienone is 1. The van der Waals surface area contributed by atoms with Crippen LogP contribution in [0.15, 0.2) is 29.8 Å². The fraction of sp³-hybridized carbons (Fsp3) is 0.438. The number of carbonyl (C=O) groups excluding carboxylic acids is 1. The zero-order chi connectivity index (χ0) is 13.6. The highest BCUT2D eigenvalue weighted by Crippen LogP contribution is 2.44. The molecule has 1 aromatic rings. The Balaban J connectivity index is 2.17. The van der Waals surface area contributed by atoms with Gasteiger partial charge in [-0.05, 0) is 44.0 Å². The zero-order valence-electron chi connectivity index (χ0n) is 11.7. The van der Waals surface area contributed by atoms with Crippen LogP contribution in [0.5, 0.6) is 0 Å². The standard InChI is InChI=1S/C16H20N2O/c1-10(2)9-13-11-5-4-6-14-15(11)12(7-8-17-13)16(19)18(14)3/h4-6,9,12-13,17H,7-8H2,1-3H3/t12-,13-/m1/s1. The molecule has 2 heterocycles. The Bertz CT molecular complexity index is 558. The van der Waals surface area contributed by atoms with Gasteiger partial charge in [-0.2, -0.15) is 0 Å². The maximum absolute atomic E-state index is 12.3. The van der Waals surface area contributed by atoms with Gasteiger partial charge in [0.15, 0.2) is 0 Å². The number of likely N-dealkylation sites (N-methyl/N-ethyl adjacent to an activating group) is 1. The van der Waals surface area contributed by atoms with Gasteiger partial charge in [0.25, 0.3) is 0 Å². The molecule has 1 aromatic carbocycles. The van der Waals surface area contributed by atoms with Gasteiger partial charge in [-0.3, -0.25) is 4.79 Å². The van der Waals surface area contributed by atoms with Crippen LogP contribution in [0.1, 0.15) is 43.4 Å². The molecule has 0 aliphatic carbocycles. The predicted octanol–water partition coefficient (Wildman–Crippen LogP) is 2.75. The molecule has 1 N–H and O–H groups in total. The number of rotatable bonds is 1. The van der Waals surface area contributed by atoms with Crippen LogP contribution in [0.3, 0.4) is 0 Å². The SMILES string of the molecule is CC(C)=C[C@H]1NCC[C@H]2C(=O)N(C)c3cccc1c32.